The third-order valence-electron chi connectivity index (χ3n) is 4.78. The fraction of sp³-hybridized carbons (Fsp3) is 0.600. The van der Waals surface area contributed by atoms with E-state index in [-0.39, 0.29) is 5.60 Å². The number of rotatable bonds is 1. The second-order valence-electron chi connectivity index (χ2n) is 6.19. The second-order valence-corrected chi connectivity index (χ2v) is 6.19. The topological polar surface area (TPSA) is 57.3 Å². The number of hydrogen-bond donors (Lipinski definition) is 1. The highest BCUT2D eigenvalue weighted by Gasteiger charge is 2.39. The van der Waals surface area contributed by atoms with Crippen molar-refractivity contribution < 1.29 is 4.74 Å². The van der Waals surface area contributed by atoms with Crippen LogP contribution in [0.1, 0.15) is 12.8 Å². The summed E-state index contributed by atoms with van der Waals surface area (Å²) in [7, 11) is 2.18. The van der Waals surface area contributed by atoms with Gasteiger partial charge in [0.05, 0.1) is 17.6 Å². The number of ether oxygens (including phenoxy) is 1. The number of nitrogens with one attached hydrogen (secondary N) is 1. The minimum atomic E-state index is -0.00165. The summed E-state index contributed by atoms with van der Waals surface area (Å²) in [6.45, 7) is 4.82. The number of morpholine rings is 1. The molecule has 2 aliphatic rings. The highest BCUT2D eigenvalue weighted by Crippen LogP contribution is 2.33. The molecule has 21 heavy (non-hydrogen) atoms. The smallest absolute Gasteiger partial charge is 0.142 e. The summed E-state index contributed by atoms with van der Waals surface area (Å²) < 4.78 is 6.18. The summed E-state index contributed by atoms with van der Waals surface area (Å²) in [4.78, 5) is 16.7. The van der Waals surface area contributed by atoms with E-state index in [9.17, 15) is 0 Å². The van der Waals surface area contributed by atoms with Crippen molar-refractivity contribution in [2.24, 2.45) is 0 Å². The van der Waals surface area contributed by atoms with Gasteiger partial charge in [0.1, 0.15) is 17.8 Å². The molecule has 4 heterocycles. The highest BCUT2D eigenvalue weighted by molar-refractivity contribution is 5.87. The Morgan fingerprint density at radius 1 is 1.24 bits per heavy atom. The van der Waals surface area contributed by atoms with Gasteiger partial charge in [-0.15, -0.1) is 0 Å². The molecule has 2 fully saturated rings. The van der Waals surface area contributed by atoms with Crippen LogP contribution in [0.25, 0.3) is 11.0 Å². The molecule has 2 saturated heterocycles. The summed E-state index contributed by atoms with van der Waals surface area (Å²) >= 11 is 0. The van der Waals surface area contributed by atoms with Gasteiger partial charge in [-0.1, -0.05) is 0 Å². The van der Waals surface area contributed by atoms with Crippen LogP contribution in [0.2, 0.25) is 0 Å². The molecule has 0 aliphatic carbocycles. The van der Waals surface area contributed by atoms with Gasteiger partial charge in [0.2, 0.25) is 0 Å². The quantitative estimate of drug-likeness (QED) is 0.855. The van der Waals surface area contributed by atoms with E-state index in [0.29, 0.717) is 0 Å². The van der Waals surface area contributed by atoms with Crippen molar-refractivity contribution in [2.45, 2.75) is 18.4 Å². The number of hydrogen-bond acceptors (Lipinski definition) is 5. The van der Waals surface area contributed by atoms with Crippen molar-refractivity contribution in [3.8, 4) is 0 Å². The number of anilines is 1. The molecular formula is C15H21N5O. The van der Waals surface area contributed by atoms with Crippen molar-refractivity contribution in [2.75, 3.05) is 44.7 Å². The Balaban J connectivity index is 1.62. The van der Waals surface area contributed by atoms with E-state index < -0.39 is 0 Å². The molecule has 0 bridgehead atoms. The van der Waals surface area contributed by atoms with Gasteiger partial charge in [-0.25, -0.2) is 9.97 Å². The van der Waals surface area contributed by atoms with Crippen molar-refractivity contribution >= 4 is 16.9 Å². The van der Waals surface area contributed by atoms with Gasteiger partial charge in [0, 0.05) is 32.4 Å². The summed E-state index contributed by atoms with van der Waals surface area (Å²) in [6, 6.07) is 2.06. The van der Waals surface area contributed by atoms with Crippen molar-refractivity contribution in [1.82, 2.24) is 19.9 Å². The first kappa shape index (κ1) is 13.0. The van der Waals surface area contributed by atoms with Gasteiger partial charge < -0.3 is 19.5 Å². The Labute approximate surface area is 124 Å². The molecule has 112 valence electrons. The van der Waals surface area contributed by atoms with Crippen LogP contribution < -0.4 is 4.90 Å². The predicted octanol–water partition coefficient (Wildman–Crippen LogP) is 1.26. The van der Waals surface area contributed by atoms with E-state index in [1.54, 1.807) is 6.33 Å². The third kappa shape index (κ3) is 2.28. The Bertz CT molecular complexity index is 632. The standard InChI is InChI=1S/C15H21N5O/c1-19-6-3-15(4-7-19)10-20(8-9-21-15)14-12-2-5-16-13(12)17-11-18-14/h2,5,11H,3-4,6-10H2,1H3,(H,16,17,18). The minimum Gasteiger partial charge on any atom is -0.371 e. The van der Waals surface area contributed by atoms with Gasteiger partial charge in [-0.3, -0.25) is 0 Å². The van der Waals surface area contributed by atoms with Gasteiger partial charge in [-0.05, 0) is 26.0 Å². The Kier molecular flexibility index (Phi) is 3.08. The number of nitrogens with zero attached hydrogens (tertiary/aromatic N) is 4. The van der Waals surface area contributed by atoms with Crippen LogP contribution in [0, 0.1) is 0 Å². The molecule has 4 rings (SSSR count). The first-order valence-corrected chi connectivity index (χ1v) is 7.61. The molecule has 0 unspecified atom stereocenters. The summed E-state index contributed by atoms with van der Waals surface area (Å²) in [5.41, 5.74) is 0.905. The molecule has 0 atom stereocenters. The molecule has 6 nitrogen and oxygen atoms in total. The normalized spacial score (nSPS) is 23.0. The number of aromatic amines is 1. The van der Waals surface area contributed by atoms with E-state index in [2.05, 4.69) is 37.9 Å². The molecule has 2 aliphatic heterocycles. The number of H-pyrrole nitrogens is 1. The highest BCUT2D eigenvalue weighted by atomic mass is 16.5. The van der Waals surface area contributed by atoms with Gasteiger partial charge in [-0.2, -0.15) is 0 Å². The van der Waals surface area contributed by atoms with Crippen LogP contribution in [0.3, 0.4) is 0 Å². The Morgan fingerprint density at radius 2 is 2.10 bits per heavy atom. The average molecular weight is 287 g/mol. The molecule has 0 aromatic carbocycles. The molecule has 1 N–H and O–H groups in total. The molecule has 6 heteroatoms. The average Bonchev–Trinajstić information content (AvgIpc) is 2.99. The third-order valence-corrected chi connectivity index (χ3v) is 4.78. The van der Waals surface area contributed by atoms with E-state index in [0.717, 1.165) is 62.5 Å². The molecule has 0 saturated carbocycles. The summed E-state index contributed by atoms with van der Waals surface area (Å²) in [5.74, 6) is 1.03. The van der Waals surface area contributed by atoms with E-state index in [1.165, 1.54) is 0 Å². The van der Waals surface area contributed by atoms with Gasteiger partial charge >= 0.3 is 0 Å². The first-order valence-electron chi connectivity index (χ1n) is 7.61. The molecule has 1 spiro atoms. The predicted molar refractivity (Wildman–Crippen MR) is 81.5 cm³/mol. The number of likely N-dealkylation sites (tertiary alicyclic amines) is 1. The maximum absolute atomic E-state index is 6.18. The van der Waals surface area contributed by atoms with Crippen LogP contribution in [-0.4, -0.2) is 65.3 Å². The van der Waals surface area contributed by atoms with Crippen molar-refractivity contribution in [3.05, 3.63) is 18.6 Å². The van der Waals surface area contributed by atoms with Crippen LogP contribution >= 0.6 is 0 Å². The number of aromatic nitrogens is 3. The zero-order valence-electron chi connectivity index (χ0n) is 12.4. The minimum absolute atomic E-state index is 0.00165. The monoisotopic (exact) mass is 287 g/mol. The molecular weight excluding hydrogens is 266 g/mol. The lowest BCUT2D eigenvalue weighted by atomic mass is 9.89. The maximum atomic E-state index is 6.18. The van der Waals surface area contributed by atoms with E-state index in [4.69, 9.17) is 4.74 Å². The van der Waals surface area contributed by atoms with Crippen LogP contribution in [0.15, 0.2) is 18.6 Å². The fourth-order valence-corrected chi connectivity index (χ4v) is 3.46. The summed E-state index contributed by atoms with van der Waals surface area (Å²) in [5, 5.41) is 1.10. The fourth-order valence-electron chi connectivity index (χ4n) is 3.46. The molecule has 0 radical (unpaired) electrons. The Morgan fingerprint density at radius 3 is 2.95 bits per heavy atom. The molecule has 0 amide bonds. The van der Waals surface area contributed by atoms with Gasteiger partial charge in [0.25, 0.3) is 0 Å². The number of fused-ring (bicyclic) bond motifs is 1. The zero-order valence-corrected chi connectivity index (χ0v) is 12.4. The largest absolute Gasteiger partial charge is 0.371 e. The SMILES string of the molecule is CN1CCC2(CC1)CN(c1ncnc3[nH]ccc13)CCO2. The van der Waals surface area contributed by atoms with Gasteiger partial charge in [0.15, 0.2) is 0 Å². The van der Waals surface area contributed by atoms with Crippen LogP contribution in [0.5, 0.6) is 0 Å². The van der Waals surface area contributed by atoms with Crippen LogP contribution in [0.4, 0.5) is 5.82 Å². The number of piperidine rings is 1. The lowest BCUT2D eigenvalue weighted by Crippen LogP contribution is -2.56. The first-order chi connectivity index (χ1) is 10.3. The van der Waals surface area contributed by atoms with Crippen LogP contribution in [-0.2, 0) is 4.74 Å². The molecule has 2 aromatic heterocycles. The van der Waals surface area contributed by atoms with Crippen molar-refractivity contribution in [3.63, 3.8) is 0 Å². The lowest BCUT2D eigenvalue weighted by molar-refractivity contribution is -0.0884. The Hall–Kier alpha value is -1.66. The molecule has 2 aromatic rings. The summed E-state index contributed by atoms with van der Waals surface area (Å²) in [6.07, 6.45) is 5.77. The lowest BCUT2D eigenvalue weighted by Gasteiger charge is -2.47. The zero-order chi connectivity index (χ0) is 14.3. The van der Waals surface area contributed by atoms with Crippen molar-refractivity contribution in [1.29, 1.82) is 0 Å². The van der Waals surface area contributed by atoms with E-state index >= 15 is 0 Å². The van der Waals surface area contributed by atoms with E-state index in [1.807, 2.05) is 6.20 Å². The maximum Gasteiger partial charge on any atom is 0.142 e. The second kappa shape index (κ2) is 4.96.